The van der Waals surface area contributed by atoms with E-state index in [1.165, 1.54) is 6.92 Å². The molecule has 0 aromatic heterocycles. The maximum Gasteiger partial charge on any atom is 0.303 e. The van der Waals surface area contributed by atoms with Gasteiger partial charge in [-0.25, -0.2) is 0 Å². The fourth-order valence-electron chi connectivity index (χ4n) is 1.33. The van der Waals surface area contributed by atoms with Gasteiger partial charge in [-0.2, -0.15) is 0 Å². The summed E-state index contributed by atoms with van der Waals surface area (Å²) in [7, 11) is 1.55. The van der Waals surface area contributed by atoms with Gasteiger partial charge in [0.05, 0.1) is 12.7 Å². The van der Waals surface area contributed by atoms with E-state index in [1.807, 2.05) is 0 Å². The Morgan fingerprint density at radius 2 is 2.38 bits per heavy atom. The van der Waals surface area contributed by atoms with Crippen molar-refractivity contribution in [3.05, 3.63) is 0 Å². The summed E-state index contributed by atoms with van der Waals surface area (Å²) in [6.07, 6.45) is -1.29. The van der Waals surface area contributed by atoms with Crippen LogP contribution >= 0.6 is 0 Å². The van der Waals surface area contributed by atoms with Crippen LogP contribution < -0.4 is 0 Å². The first-order chi connectivity index (χ1) is 6.13. The summed E-state index contributed by atoms with van der Waals surface area (Å²) in [6.45, 7) is 1.70. The number of aliphatic hydroxyl groups excluding tert-OH is 1. The van der Waals surface area contributed by atoms with Crippen molar-refractivity contribution in [2.24, 2.45) is 0 Å². The van der Waals surface area contributed by atoms with Gasteiger partial charge in [-0.1, -0.05) is 0 Å². The van der Waals surface area contributed by atoms with E-state index < -0.39 is 18.4 Å². The number of ether oxygens (including phenoxy) is 3. The lowest BCUT2D eigenvalue weighted by molar-refractivity contribution is -0.169. The Labute approximate surface area is 76.6 Å². The van der Waals surface area contributed by atoms with Crippen molar-refractivity contribution in [2.45, 2.75) is 31.8 Å². The first-order valence-corrected chi connectivity index (χ1v) is 4.13. The van der Waals surface area contributed by atoms with Crippen LogP contribution in [0.2, 0.25) is 0 Å². The molecule has 1 saturated heterocycles. The summed E-state index contributed by atoms with van der Waals surface area (Å²) < 4.78 is 14.7. The number of methoxy groups -OCH3 is 1. The fraction of sp³-hybridized carbons (Fsp3) is 0.875. The lowest BCUT2D eigenvalue weighted by Crippen LogP contribution is -2.25. The SMILES string of the molecule is COC[C@H]1C[C@@H](OC(C)=O)C(O)O1. The molecule has 76 valence electrons. The normalized spacial score (nSPS) is 33.3. The second-order valence-electron chi connectivity index (χ2n) is 2.99. The molecule has 5 heteroatoms. The minimum Gasteiger partial charge on any atom is -0.457 e. The molecule has 0 aromatic carbocycles. The molecular weight excluding hydrogens is 176 g/mol. The van der Waals surface area contributed by atoms with Crippen molar-refractivity contribution in [3.63, 3.8) is 0 Å². The minimum atomic E-state index is -1.02. The first kappa shape index (κ1) is 10.4. The van der Waals surface area contributed by atoms with Gasteiger partial charge < -0.3 is 19.3 Å². The van der Waals surface area contributed by atoms with E-state index in [0.717, 1.165) is 0 Å². The van der Waals surface area contributed by atoms with Gasteiger partial charge in [0.15, 0.2) is 12.4 Å². The van der Waals surface area contributed by atoms with Crippen LogP contribution in [0.1, 0.15) is 13.3 Å². The maximum absolute atomic E-state index is 10.6. The zero-order valence-electron chi connectivity index (χ0n) is 7.73. The Balaban J connectivity index is 2.37. The quantitative estimate of drug-likeness (QED) is 0.617. The Morgan fingerprint density at radius 1 is 1.69 bits per heavy atom. The molecule has 1 aliphatic rings. The molecule has 0 aromatic rings. The van der Waals surface area contributed by atoms with E-state index in [-0.39, 0.29) is 6.10 Å². The number of hydrogen-bond acceptors (Lipinski definition) is 5. The van der Waals surface area contributed by atoms with Crippen LogP contribution in [-0.2, 0) is 19.0 Å². The van der Waals surface area contributed by atoms with Gasteiger partial charge in [-0.05, 0) is 0 Å². The van der Waals surface area contributed by atoms with Crippen molar-refractivity contribution in [1.82, 2.24) is 0 Å². The van der Waals surface area contributed by atoms with Gasteiger partial charge in [0.2, 0.25) is 0 Å². The van der Waals surface area contributed by atoms with Crippen molar-refractivity contribution < 1.29 is 24.1 Å². The van der Waals surface area contributed by atoms with Gasteiger partial charge in [-0.3, -0.25) is 4.79 Å². The lowest BCUT2D eigenvalue weighted by atomic mass is 10.2. The summed E-state index contributed by atoms with van der Waals surface area (Å²) in [5, 5.41) is 9.28. The molecule has 0 bridgehead atoms. The molecule has 1 aliphatic heterocycles. The van der Waals surface area contributed by atoms with Gasteiger partial charge >= 0.3 is 5.97 Å². The molecule has 0 saturated carbocycles. The van der Waals surface area contributed by atoms with Gasteiger partial charge in [0, 0.05) is 20.5 Å². The van der Waals surface area contributed by atoms with E-state index in [9.17, 15) is 9.90 Å². The van der Waals surface area contributed by atoms with Crippen LogP contribution in [0.15, 0.2) is 0 Å². The Bertz CT molecular complexity index is 181. The molecule has 1 heterocycles. The highest BCUT2D eigenvalue weighted by molar-refractivity contribution is 5.66. The molecule has 0 spiro atoms. The Morgan fingerprint density at radius 3 is 2.92 bits per heavy atom. The van der Waals surface area contributed by atoms with Crippen LogP contribution in [0, 0.1) is 0 Å². The second-order valence-corrected chi connectivity index (χ2v) is 2.99. The van der Waals surface area contributed by atoms with Crippen LogP contribution in [0.3, 0.4) is 0 Å². The average molecular weight is 190 g/mol. The number of carbonyl (C=O) groups is 1. The number of esters is 1. The van der Waals surface area contributed by atoms with Crippen LogP contribution in [0.5, 0.6) is 0 Å². The third-order valence-corrected chi connectivity index (χ3v) is 1.82. The molecule has 1 rings (SSSR count). The smallest absolute Gasteiger partial charge is 0.303 e. The molecule has 13 heavy (non-hydrogen) atoms. The third kappa shape index (κ3) is 2.95. The third-order valence-electron chi connectivity index (χ3n) is 1.82. The topological polar surface area (TPSA) is 65.0 Å². The van der Waals surface area contributed by atoms with Gasteiger partial charge in [-0.15, -0.1) is 0 Å². The molecule has 0 amide bonds. The molecule has 5 nitrogen and oxygen atoms in total. The summed E-state index contributed by atoms with van der Waals surface area (Å²) in [4.78, 5) is 10.6. The summed E-state index contributed by atoms with van der Waals surface area (Å²) >= 11 is 0. The highest BCUT2D eigenvalue weighted by atomic mass is 16.7. The number of hydrogen-bond donors (Lipinski definition) is 1. The van der Waals surface area contributed by atoms with E-state index in [0.29, 0.717) is 13.0 Å². The molecule has 1 unspecified atom stereocenters. The molecule has 3 atom stereocenters. The molecule has 0 radical (unpaired) electrons. The van der Waals surface area contributed by atoms with Crippen LogP contribution in [0.25, 0.3) is 0 Å². The number of aliphatic hydroxyl groups is 1. The molecular formula is C8H14O5. The molecule has 0 aliphatic carbocycles. The predicted molar refractivity (Wildman–Crippen MR) is 42.9 cm³/mol. The van der Waals surface area contributed by atoms with Gasteiger partial charge in [0.25, 0.3) is 0 Å². The standard InChI is InChI=1S/C8H14O5/c1-5(9)12-7-3-6(4-11-2)13-8(7)10/h6-8,10H,3-4H2,1-2H3/t6-,7-,8?/m1/s1. The average Bonchev–Trinajstić information content (AvgIpc) is 2.31. The van der Waals surface area contributed by atoms with E-state index in [1.54, 1.807) is 7.11 Å². The van der Waals surface area contributed by atoms with Crippen LogP contribution in [0.4, 0.5) is 0 Å². The Kier molecular flexibility index (Phi) is 3.65. The minimum absolute atomic E-state index is 0.190. The monoisotopic (exact) mass is 190 g/mol. The highest BCUT2D eigenvalue weighted by Crippen LogP contribution is 2.21. The van der Waals surface area contributed by atoms with E-state index in [2.05, 4.69) is 0 Å². The molecule has 1 N–H and O–H groups in total. The van der Waals surface area contributed by atoms with E-state index >= 15 is 0 Å². The second kappa shape index (κ2) is 4.55. The van der Waals surface area contributed by atoms with Crippen molar-refractivity contribution in [1.29, 1.82) is 0 Å². The van der Waals surface area contributed by atoms with Crippen molar-refractivity contribution in [2.75, 3.05) is 13.7 Å². The first-order valence-electron chi connectivity index (χ1n) is 4.13. The maximum atomic E-state index is 10.6. The summed E-state index contributed by atoms with van der Waals surface area (Å²) in [5.41, 5.74) is 0. The summed E-state index contributed by atoms with van der Waals surface area (Å²) in [5.74, 6) is -0.411. The lowest BCUT2D eigenvalue weighted by Gasteiger charge is -2.11. The number of rotatable bonds is 3. The number of carbonyl (C=O) groups excluding carboxylic acids is 1. The zero-order chi connectivity index (χ0) is 9.84. The van der Waals surface area contributed by atoms with Crippen LogP contribution in [-0.4, -0.2) is 43.3 Å². The predicted octanol–water partition coefficient (Wildman–Crippen LogP) is -0.328. The van der Waals surface area contributed by atoms with E-state index in [4.69, 9.17) is 14.2 Å². The van der Waals surface area contributed by atoms with Gasteiger partial charge in [0.1, 0.15) is 0 Å². The highest BCUT2D eigenvalue weighted by Gasteiger charge is 2.35. The van der Waals surface area contributed by atoms with Crippen molar-refractivity contribution >= 4 is 5.97 Å². The zero-order valence-corrected chi connectivity index (χ0v) is 7.73. The largest absolute Gasteiger partial charge is 0.457 e. The fourth-order valence-corrected chi connectivity index (χ4v) is 1.33. The Hall–Kier alpha value is -0.650. The molecule has 1 fully saturated rings. The van der Waals surface area contributed by atoms with Crippen molar-refractivity contribution in [3.8, 4) is 0 Å². The summed E-state index contributed by atoms with van der Waals surface area (Å²) in [6, 6.07) is 0.